The van der Waals surface area contributed by atoms with Gasteiger partial charge < -0.3 is 10.4 Å². The highest BCUT2D eigenvalue weighted by molar-refractivity contribution is 5.94. The molecule has 0 bridgehead atoms. The summed E-state index contributed by atoms with van der Waals surface area (Å²) in [6.45, 7) is 0. The first-order chi connectivity index (χ1) is 17.7. The second-order valence-electron chi connectivity index (χ2n) is 8.94. The molecule has 0 atom stereocenters. The maximum atomic E-state index is 14.0. The van der Waals surface area contributed by atoms with Crippen molar-refractivity contribution in [1.29, 1.82) is 0 Å². The molecule has 190 valence electrons. The lowest BCUT2D eigenvalue weighted by Gasteiger charge is -2.30. The number of rotatable bonds is 4. The third kappa shape index (κ3) is 4.59. The average Bonchev–Trinajstić information content (AvgIpc) is 2.88. The molecule has 1 aliphatic rings. The SMILES string of the molecule is O=C(NC1CCC(n2c(=O)c3cc(F)cnc3n(-c3ccc(F)c(F)c3)c2=O)CC1)c1ccc(O)cc1. The molecule has 0 saturated heterocycles. The van der Waals surface area contributed by atoms with E-state index in [4.69, 9.17) is 0 Å². The molecule has 11 heteroatoms. The summed E-state index contributed by atoms with van der Waals surface area (Å²) in [5.41, 5.74) is -1.39. The van der Waals surface area contributed by atoms with Crippen molar-refractivity contribution < 1.29 is 23.1 Å². The van der Waals surface area contributed by atoms with E-state index in [9.17, 15) is 32.7 Å². The van der Waals surface area contributed by atoms with Crippen molar-refractivity contribution in [2.45, 2.75) is 37.8 Å². The summed E-state index contributed by atoms with van der Waals surface area (Å²) in [5, 5.41) is 12.1. The zero-order valence-electron chi connectivity index (χ0n) is 19.3. The fraction of sp³-hybridized carbons (Fsp3) is 0.231. The Hall–Kier alpha value is -4.41. The molecule has 2 N–H and O–H groups in total. The minimum atomic E-state index is -1.19. The Morgan fingerprint density at radius 1 is 0.946 bits per heavy atom. The molecule has 4 aromatic rings. The third-order valence-corrected chi connectivity index (χ3v) is 6.58. The third-order valence-electron chi connectivity index (χ3n) is 6.58. The molecule has 1 saturated carbocycles. The van der Waals surface area contributed by atoms with Gasteiger partial charge in [0.15, 0.2) is 17.3 Å². The van der Waals surface area contributed by atoms with Crippen LogP contribution in [0.4, 0.5) is 13.2 Å². The molecule has 1 amide bonds. The van der Waals surface area contributed by atoms with Crippen LogP contribution in [0.15, 0.2) is 64.3 Å². The second-order valence-corrected chi connectivity index (χ2v) is 8.94. The molecule has 8 nitrogen and oxygen atoms in total. The van der Waals surface area contributed by atoms with E-state index >= 15 is 0 Å². The van der Waals surface area contributed by atoms with E-state index < -0.39 is 34.7 Å². The Morgan fingerprint density at radius 2 is 1.65 bits per heavy atom. The summed E-state index contributed by atoms with van der Waals surface area (Å²) in [4.78, 5) is 43.2. The molecule has 37 heavy (non-hydrogen) atoms. The fourth-order valence-corrected chi connectivity index (χ4v) is 4.72. The predicted molar refractivity (Wildman–Crippen MR) is 128 cm³/mol. The number of nitrogens with one attached hydrogen (secondary N) is 1. The first-order valence-electron chi connectivity index (χ1n) is 11.6. The van der Waals surface area contributed by atoms with Gasteiger partial charge in [0, 0.05) is 23.7 Å². The van der Waals surface area contributed by atoms with E-state index in [-0.39, 0.29) is 34.4 Å². The lowest BCUT2D eigenvalue weighted by atomic mass is 9.90. The Bertz CT molecular complexity index is 1620. The van der Waals surface area contributed by atoms with Gasteiger partial charge in [-0.2, -0.15) is 0 Å². The van der Waals surface area contributed by atoms with Crippen LogP contribution < -0.4 is 16.6 Å². The Morgan fingerprint density at radius 3 is 2.32 bits per heavy atom. The van der Waals surface area contributed by atoms with Gasteiger partial charge in [-0.1, -0.05) is 0 Å². The fourth-order valence-electron chi connectivity index (χ4n) is 4.72. The number of halogens is 3. The van der Waals surface area contributed by atoms with Crippen molar-refractivity contribution in [3.63, 3.8) is 0 Å². The standard InChI is InChI=1S/C26H21F3N4O4/c27-15-11-20-23(30-13-15)32(18-7-10-21(28)22(29)12-18)26(37)33(25(20)36)17-5-3-16(4-6-17)31-24(35)14-1-8-19(34)9-2-14/h1-2,7-13,16-17,34H,3-6H2,(H,31,35). The second kappa shape index (κ2) is 9.57. The van der Waals surface area contributed by atoms with Crippen LogP contribution in [0.3, 0.4) is 0 Å². The average molecular weight is 510 g/mol. The van der Waals surface area contributed by atoms with Crippen LogP contribution in [-0.4, -0.2) is 31.2 Å². The first-order valence-corrected chi connectivity index (χ1v) is 11.6. The van der Waals surface area contributed by atoms with Crippen LogP contribution >= 0.6 is 0 Å². The number of phenolic OH excluding ortho intramolecular Hbond substituents is 1. The number of pyridine rings is 1. The number of carbonyl (C=O) groups excluding carboxylic acids is 1. The summed E-state index contributed by atoms with van der Waals surface area (Å²) >= 11 is 0. The zero-order chi connectivity index (χ0) is 26.3. The van der Waals surface area contributed by atoms with E-state index in [1.54, 1.807) is 0 Å². The van der Waals surface area contributed by atoms with Crippen LogP contribution in [0.2, 0.25) is 0 Å². The van der Waals surface area contributed by atoms with Gasteiger partial charge in [-0.15, -0.1) is 0 Å². The molecule has 0 spiro atoms. The van der Waals surface area contributed by atoms with Crippen molar-refractivity contribution >= 4 is 16.9 Å². The number of hydrogen-bond donors (Lipinski definition) is 2. The van der Waals surface area contributed by atoms with Crippen LogP contribution in [0.5, 0.6) is 5.75 Å². The molecule has 2 heterocycles. The van der Waals surface area contributed by atoms with Crippen molar-refractivity contribution in [1.82, 2.24) is 19.4 Å². The minimum absolute atomic E-state index is 0.0435. The van der Waals surface area contributed by atoms with Gasteiger partial charge in [-0.05, 0) is 68.1 Å². The summed E-state index contributed by atoms with van der Waals surface area (Å²) < 4.78 is 43.5. The monoisotopic (exact) mass is 510 g/mol. The molecule has 2 aromatic carbocycles. The van der Waals surface area contributed by atoms with Gasteiger partial charge in [0.25, 0.3) is 11.5 Å². The van der Waals surface area contributed by atoms with Crippen molar-refractivity contribution in [2.75, 3.05) is 0 Å². The number of benzene rings is 2. The Kier molecular flexibility index (Phi) is 6.28. The number of phenols is 1. The van der Waals surface area contributed by atoms with E-state index in [0.717, 1.165) is 33.5 Å². The predicted octanol–water partition coefficient (Wildman–Crippen LogP) is 3.58. The van der Waals surface area contributed by atoms with Gasteiger partial charge in [0.05, 0.1) is 17.3 Å². The molecule has 1 aliphatic carbocycles. The quantitative estimate of drug-likeness (QED) is 0.437. The van der Waals surface area contributed by atoms with Crippen LogP contribution in [0.25, 0.3) is 16.7 Å². The number of carbonyl (C=O) groups is 1. The summed E-state index contributed by atoms with van der Waals surface area (Å²) in [5.74, 6) is -3.36. The smallest absolute Gasteiger partial charge is 0.337 e. The molecule has 2 aromatic heterocycles. The van der Waals surface area contributed by atoms with Crippen LogP contribution in [-0.2, 0) is 0 Å². The van der Waals surface area contributed by atoms with Gasteiger partial charge in [0.1, 0.15) is 11.6 Å². The lowest BCUT2D eigenvalue weighted by Crippen LogP contribution is -2.45. The topological polar surface area (TPSA) is 106 Å². The van der Waals surface area contributed by atoms with Gasteiger partial charge in [0.2, 0.25) is 0 Å². The van der Waals surface area contributed by atoms with Gasteiger partial charge >= 0.3 is 5.69 Å². The molecule has 1 fully saturated rings. The molecule has 0 aliphatic heterocycles. The van der Waals surface area contributed by atoms with Gasteiger partial charge in [-0.25, -0.2) is 27.5 Å². The maximum Gasteiger partial charge on any atom is 0.337 e. The minimum Gasteiger partial charge on any atom is -0.508 e. The van der Waals surface area contributed by atoms with E-state index in [2.05, 4.69) is 10.3 Å². The van der Waals surface area contributed by atoms with Crippen molar-refractivity contribution in [3.05, 3.63) is 98.6 Å². The lowest BCUT2D eigenvalue weighted by molar-refractivity contribution is 0.0922. The number of aromatic hydroxyl groups is 1. The number of nitrogens with zero attached hydrogens (tertiary/aromatic N) is 3. The largest absolute Gasteiger partial charge is 0.508 e. The summed E-state index contributed by atoms with van der Waals surface area (Å²) in [6.07, 6.45) is 2.49. The Balaban J connectivity index is 1.47. The Labute approximate surface area is 207 Å². The normalized spacial score (nSPS) is 17.6. The first kappa shape index (κ1) is 24.3. The highest BCUT2D eigenvalue weighted by atomic mass is 19.2. The highest BCUT2D eigenvalue weighted by Crippen LogP contribution is 2.28. The molecule has 0 unspecified atom stereocenters. The van der Waals surface area contributed by atoms with Crippen molar-refractivity contribution in [2.24, 2.45) is 0 Å². The highest BCUT2D eigenvalue weighted by Gasteiger charge is 2.28. The zero-order valence-corrected chi connectivity index (χ0v) is 19.3. The van der Waals surface area contributed by atoms with Crippen LogP contribution in [0.1, 0.15) is 42.1 Å². The van der Waals surface area contributed by atoms with E-state index in [1.807, 2.05) is 0 Å². The van der Waals surface area contributed by atoms with Crippen molar-refractivity contribution in [3.8, 4) is 11.4 Å². The summed E-state index contributed by atoms with van der Waals surface area (Å²) in [6, 6.07) is 8.84. The van der Waals surface area contributed by atoms with Crippen LogP contribution in [0, 0.1) is 17.5 Å². The van der Waals surface area contributed by atoms with E-state index in [0.29, 0.717) is 31.2 Å². The maximum absolute atomic E-state index is 14.0. The molecular formula is C26H21F3N4O4. The summed E-state index contributed by atoms with van der Waals surface area (Å²) in [7, 11) is 0. The molecule has 5 rings (SSSR count). The number of hydrogen-bond acceptors (Lipinski definition) is 5. The van der Waals surface area contributed by atoms with E-state index in [1.165, 1.54) is 30.3 Å². The molecular weight excluding hydrogens is 489 g/mol. The number of aromatic nitrogens is 3. The van der Waals surface area contributed by atoms with Gasteiger partial charge in [-0.3, -0.25) is 14.2 Å². The number of amides is 1. The molecule has 0 radical (unpaired) electrons. The number of fused-ring (bicyclic) bond motifs is 1.